The number of sulfonamides is 1. The molecule has 1 aromatic carbocycles. The van der Waals surface area contributed by atoms with Crippen molar-refractivity contribution in [2.24, 2.45) is 11.8 Å². The van der Waals surface area contributed by atoms with Crippen LogP contribution in [0.1, 0.15) is 62.0 Å². The van der Waals surface area contributed by atoms with Crippen LogP contribution in [0.5, 0.6) is 0 Å². The third kappa shape index (κ3) is 3.81. The molecule has 6 heteroatoms. The van der Waals surface area contributed by atoms with Crippen LogP contribution in [0.2, 0.25) is 0 Å². The number of aryl methyl sites for hydroxylation is 1. The van der Waals surface area contributed by atoms with Crippen molar-refractivity contribution in [3.8, 4) is 0 Å². The maximum absolute atomic E-state index is 12.5. The van der Waals surface area contributed by atoms with Gasteiger partial charge in [0.15, 0.2) is 0 Å². The third-order valence-electron chi connectivity index (χ3n) is 5.62. The Labute approximate surface area is 160 Å². The minimum absolute atomic E-state index is 0.0186. The Hall–Kier alpha value is -2.08. The van der Waals surface area contributed by atoms with Crippen LogP contribution in [0.4, 0.5) is 0 Å². The van der Waals surface area contributed by atoms with Gasteiger partial charge in [-0.3, -0.25) is 4.79 Å². The molecule has 2 saturated carbocycles. The predicted molar refractivity (Wildman–Crippen MR) is 102 cm³/mol. The van der Waals surface area contributed by atoms with Crippen molar-refractivity contribution in [2.75, 3.05) is 0 Å². The SMILES string of the molecule is CCCc1ccc(S(=O)(=O)NC(=O)C2CC2c2ccc(C3CC3C)o2)cc1. The number of rotatable bonds is 7. The van der Waals surface area contributed by atoms with Crippen LogP contribution < -0.4 is 4.72 Å². The van der Waals surface area contributed by atoms with Gasteiger partial charge in [0, 0.05) is 17.8 Å². The van der Waals surface area contributed by atoms with Crippen molar-refractivity contribution in [3.05, 3.63) is 53.5 Å². The van der Waals surface area contributed by atoms with Crippen molar-refractivity contribution < 1.29 is 17.6 Å². The summed E-state index contributed by atoms with van der Waals surface area (Å²) in [7, 11) is -3.84. The van der Waals surface area contributed by atoms with Crippen molar-refractivity contribution in [1.29, 1.82) is 0 Å². The summed E-state index contributed by atoms with van der Waals surface area (Å²) in [5, 5.41) is 0. The number of amides is 1. The van der Waals surface area contributed by atoms with Crippen LogP contribution in [0.15, 0.2) is 45.7 Å². The van der Waals surface area contributed by atoms with Gasteiger partial charge < -0.3 is 4.42 Å². The van der Waals surface area contributed by atoms with E-state index in [0.717, 1.165) is 36.3 Å². The lowest BCUT2D eigenvalue weighted by molar-refractivity contribution is -0.120. The summed E-state index contributed by atoms with van der Waals surface area (Å²) in [5.74, 6) is 2.14. The molecule has 0 spiro atoms. The van der Waals surface area contributed by atoms with Crippen LogP contribution in [0.3, 0.4) is 0 Å². The summed E-state index contributed by atoms with van der Waals surface area (Å²) >= 11 is 0. The van der Waals surface area contributed by atoms with Gasteiger partial charge in [0.2, 0.25) is 5.91 Å². The summed E-state index contributed by atoms with van der Waals surface area (Å²) in [6.07, 6.45) is 3.68. The van der Waals surface area contributed by atoms with Gasteiger partial charge in [0.1, 0.15) is 11.5 Å². The molecule has 2 fully saturated rings. The zero-order chi connectivity index (χ0) is 19.2. The smallest absolute Gasteiger partial charge is 0.264 e. The lowest BCUT2D eigenvalue weighted by Crippen LogP contribution is -2.32. The number of benzene rings is 1. The fraction of sp³-hybridized carbons (Fsp3) is 0.476. The largest absolute Gasteiger partial charge is 0.465 e. The molecule has 0 bridgehead atoms. The van der Waals surface area contributed by atoms with Gasteiger partial charge in [0.05, 0.1) is 4.90 Å². The monoisotopic (exact) mass is 387 g/mol. The zero-order valence-electron chi connectivity index (χ0n) is 15.6. The molecule has 5 nitrogen and oxygen atoms in total. The molecule has 1 N–H and O–H groups in total. The van der Waals surface area contributed by atoms with E-state index < -0.39 is 15.9 Å². The molecule has 1 heterocycles. The van der Waals surface area contributed by atoms with Crippen molar-refractivity contribution >= 4 is 15.9 Å². The first-order valence-electron chi connectivity index (χ1n) is 9.64. The van der Waals surface area contributed by atoms with Gasteiger partial charge in [-0.25, -0.2) is 13.1 Å². The summed E-state index contributed by atoms with van der Waals surface area (Å²) in [6.45, 7) is 4.27. The number of furan rings is 1. The van der Waals surface area contributed by atoms with E-state index in [1.54, 1.807) is 24.3 Å². The molecule has 0 radical (unpaired) electrons. The molecule has 1 aromatic heterocycles. The van der Waals surface area contributed by atoms with E-state index >= 15 is 0 Å². The Kier molecular flexibility index (Phi) is 4.62. The molecule has 0 aliphatic heterocycles. The molecule has 4 unspecified atom stereocenters. The minimum Gasteiger partial charge on any atom is -0.465 e. The Morgan fingerprint density at radius 2 is 1.70 bits per heavy atom. The molecule has 4 atom stereocenters. The fourth-order valence-corrected chi connectivity index (χ4v) is 4.70. The second kappa shape index (κ2) is 6.82. The fourth-order valence-electron chi connectivity index (χ4n) is 3.68. The van der Waals surface area contributed by atoms with E-state index in [1.165, 1.54) is 0 Å². The van der Waals surface area contributed by atoms with Gasteiger partial charge in [-0.1, -0.05) is 32.4 Å². The summed E-state index contributed by atoms with van der Waals surface area (Å²) in [5.41, 5.74) is 1.09. The Balaban J connectivity index is 1.38. The van der Waals surface area contributed by atoms with Crippen molar-refractivity contribution in [3.63, 3.8) is 0 Å². The molecular formula is C21H25NO4S. The molecule has 4 rings (SSSR count). The van der Waals surface area contributed by atoms with Crippen LogP contribution >= 0.6 is 0 Å². The molecule has 2 aromatic rings. The number of carbonyl (C=O) groups is 1. The van der Waals surface area contributed by atoms with Gasteiger partial charge in [-0.05, 0) is 55.0 Å². The highest BCUT2D eigenvalue weighted by Gasteiger charge is 2.48. The van der Waals surface area contributed by atoms with E-state index in [4.69, 9.17) is 4.42 Å². The topological polar surface area (TPSA) is 76.4 Å². The normalized spacial score (nSPS) is 26.6. The summed E-state index contributed by atoms with van der Waals surface area (Å²) in [6, 6.07) is 10.6. The van der Waals surface area contributed by atoms with Gasteiger partial charge >= 0.3 is 0 Å². The Morgan fingerprint density at radius 1 is 1.07 bits per heavy atom. The number of hydrogen-bond donors (Lipinski definition) is 1. The average molecular weight is 388 g/mol. The standard InChI is InChI=1S/C21H25NO4S/c1-3-4-14-5-7-15(8-6-14)27(24,25)22-21(23)18-12-17(18)20-10-9-19(26-20)16-11-13(16)2/h5-10,13,16-18H,3-4,11-12H2,1-2H3,(H,22,23). The van der Waals surface area contributed by atoms with E-state index in [9.17, 15) is 13.2 Å². The van der Waals surface area contributed by atoms with E-state index in [1.807, 2.05) is 12.1 Å². The highest BCUT2D eigenvalue weighted by Crippen LogP contribution is 2.52. The molecule has 2 aliphatic carbocycles. The van der Waals surface area contributed by atoms with Gasteiger partial charge in [-0.2, -0.15) is 0 Å². The molecule has 0 saturated heterocycles. The first-order chi connectivity index (χ1) is 12.9. The summed E-state index contributed by atoms with van der Waals surface area (Å²) < 4.78 is 33.1. The van der Waals surface area contributed by atoms with Crippen LogP contribution in [0, 0.1) is 11.8 Å². The van der Waals surface area contributed by atoms with Crippen molar-refractivity contribution in [1.82, 2.24) is 4.72 Å². The first kappa shape index (κ1) is 18.3. The van der Waals surface area contributed by atoms with Crippen LogP contribution in [-0.4, -0.2) is 14.3 Å². The summed E-state index contributed by atoms with van der Waals surface area (Å²) in [4.78, 5) is 12.5. The highest BCUT2D eigenvalue weighted by molar-refractivity contribution is 7.90. The molecular weight excluding hydrogens is 362 g/mol. The average Bonchev–Trinajstić information content (AvgIpc) is 3.53. The third-order valence-corrected chi connectivity index (χ3v) is 6.99. The maximum atomic E-state index is 12.5. The molecule has 27 heavy (non-hydrogen) atoms. The molecule has 144 valence electrons. The number of hydrogen-bond acceptors (Lipinski definition) is 4. The Bertz CT molecular complexity index is 945. The van der Waals surface area contributed by atoms with E-state index in [2.05, 4.69) is 18.6 Å². The zero-order valence-corrected chi connectivity index (χ0v) is 16.5. The Morgan fingerprint density at radius 3 is 2.30 bits per heavy atom. The number of nitrogens with one attached hydrogen (secondary N) is 1. The van der Waals surface area contributed by atoms with Crippen molar-refractivity contribution in [2.45, 2.75) is 56.3 Å². The van der Waals surface area contributed by atoms with E-state index in [-0.39, 0.29) is 16.7 Å². The lowest BCUT2D eigenvalue weighted by Gasteiger charge is -2.07. The second-order valence-electron chi connectivity index (χ2n) is 7.87. The van der Waals surface area contributed by atoms with Crippen LogP contribution in [-0.2, 0) is 21.2 Å². The van der Waals surface area contributed by atoms with Gasteiger partial charge in [-0.15, -0.1) is 0 Å². The van der Waals surface area contributed by atoms with E-state index in [0.29, 0.717) is 18.3 Å². The lowest BCUT2D eigenvalue weighted by atomic mass is 10.1. The molecule has 1 amide bonds. The second-order valence-corrected chi connectivity index (χ2v) is 9.55. The number of carbonyl (C=O) groups excluding carboxylic acids is 1. The first-order valence-corrected chi connectivity index (χ1v) is 11.1. The van der Waals surface area contributed by atoms with Gasteiger partial charge in [0.25, 0.3) is 10.0 Å². The minimum atomic E-state index is -3.84. The maximum Gasteiger partial charge on any atom is 0.264 e. The highest BCUT2D eigenvalue weighted by atomic mass is 32.2. The quantitative estimate of drug-likeness (QED) is 0.780. The predicted octanol–water partition coefficient (Wildman–Crippen LogP) is 3.96. The van der Waals surface area contributed by atoms with Crippen LogP contribution in [0.25, 0.3) is 0 Å². The molecule has 2 aliphatic rings.